The maximum atomic E-state index is 11.5. The van der Waals surface area contributed by atoms with E-state index in [1.54, 1.807) is 26.0 Å². The Morgan fingerprint density at radius 2 is 1.80 bits per heavy atom. The van der Waals surface area contributed by atoms with Crippen LogP contribution < -0.4 is 0 Å². The number of hydrogen-bond donors (Lipinski definition) is 0. The zero-order chi connectivity index (χ0) is 11.7. The largest absolute Gasteiger partial charge is 0.383 e. The fourth-order valence-corrected chi connectivity index (χ4v) is 1.19. The molecule has 4 nitrogen and oxygen atoms in total. The zero-order valence-corrected chi connectivity index (χ0v) is 9.91. The van der Waals surface area contributed by atoms with E-state index in [4.69, 9.17) is 4.74 Å². The van der Waals surface area contributed by atoms with Crippen LogP contribution in [0.3, 0.4) is 0 Å². The maximum absolute atomic E-state index is 11.5. The van der Waals surface area contributed by atoms with Gasteiger partial charge in [0.15, 0.2) is 0 Å². The molecule has 0 radical (unpaired) electrons. The minimum absolute atomic E-state index is 0.121. The third-order valence-electron chi connectivity index (χ3n) is 2.23. The van der Waals surface area contributed by atoms with Gasteiger partial charge in [0.1, 0.15) is 5.78 Å². The molecular weight excluding hydrogens is 194 g/mol. The molecule has 0 aliphatic carbocycles. The van der Waals surface area contributed by atoms with E-state index in [0.29, 0.717) is 26.0 Å². The summed E-state index contributed by atoms with van der Waals surface area (Å²) < 4.78 is 4.88. The van der Waals surface area contributed by atoms with Crippen molar-refractivity contribution in [1.82, 2.24) is 4.90 Å². The molecule has 0 saturated heterocycles. The first kappa shape index (κ1) is 14.1. The van der Waals surface area contributed by atoms with Crippen molar-refractivity contribution in [2.45, 2.75) is 32.6 Å². The summed E-state index contributed by atoms with van der Waals surface area (Å²) in [5, 5.41) is 0. The Bertz CT molecular complexity index is 204. The van der Waals surface area contributed by atoms with Crippen molar-refractivity contribution in [2.24, 2.45) is 0 Å². The van der Waals surface area contributed by atoms with Gasteiger partial charge in [0, 0.05) is 33.5 Å². The number of ketones is 1. The maximum Gasteiger partial charge on any atom is 0.222 e. The van der Waals surface area contributed by atoms with Crippen LogP contribution in [0.25, 0.3) is 0 Å². The molecule has 0 spiro atoms. The molecule has 0 aromatic heterocycles. The lowest BCUT2D eigenvalue weighted by atomic mass is 10.1. The highest BCUT2D eigenvalue weighted by Crippen LogP contribution is 2.02. The lowest BCUT2D eigenvalue weighted by Gasteiger charge is -2.16. The van der Waals surface area contributed by atoms with E-state index >= 15 is 0 Å². The highest BCUT2D eigenvalue weighted by molar-refractivity contribution is 5.76. The SMILES string of the molecule is COCCN(C)C(=O)CCCCC(C)=O. The number of methoxy groups -OCH3 is 1. The number of rotatable bonds is 8. The predicted octanol–water partition coefficient (Wildman–Crippen LogP) is 1.24. The van der Waals surface area contributed by atoms with Gasteiger partial charge in [-0.2, -0.15) is 0 Å². The van der Waals surface area contributed by atoms with Crippen molar-refractivity contribution >= 4 is 11.7 Å². The van der Waals surface area contributed by atoms with E-state index in [9.17, 15) is 9.59 Å². The topological polar surface area (TPSA) is 46.6 Å². The van der Waals surface area contributed by atoms with Crippen LogP contribution in [0.15, 0.2) is 0 Å². The Hall–Kier alpha value is -0.900. The van der Waals surface area contributed by atoms with E-state index in [2.05, 4.69) is 0 Å². The van der Waals surface area contributed by atoms with Crippen molar-refractivity contribution in [1.29, 1.82) is 0 Å². The lowest BCUT2D eigenvalue weighted by molar-refractivity contribution is -0.130. The molecule has 0 saturated carbocycles. The van der Waals surface area contributed by atoms with E-state index in [0.717, 1.165) is 12.8 Å². The summed E-state index contributed by atoms with van der Waals surface area (Å²) in [4.78, 5) is 23.8. The minimum atomic E-state index is 0.121. The van der Waals surface area contributed by atoms with E-state index < -0.39 is 0 Å². The summed E-state index contributed by atoms with van der Waals surface area (Å²) in [5.41, 5.74) is 0. The third-order valence-corrected chi connectivity index (χ3v) is 2.23. The minimum Gasteiger partial charge on any atom is -0.383 e. The van der Waals surface area contributed by atoms with Crippen molar-refractivity contribution in [2.75, 3.05) is 27.3 Å². The van der Waals surface area contributed by atoms with Crippen LogP contribution >= 0.6 is 0 Å². The molecule has 15 heavy (non-hydrogen) atoms. The number of likely N-dealkylation sites (N-methyl/N-ethyl adjacent to an activating group) is 1. The number of amides is 1. The van der Waals surface area contributed by atoms with Crippen LogP contribution in [-0.2, 0) is 14.3 Å². The summed E-state index contributed by atoms with van der Waals surface area (Å²) in [7, 11) is 3.39. The Morgan fingerprint density at radius 1 is 1.20 bits per heavy atom. The van der Waals surface area contributed by atoms with E-state index in [1.165, 1.54) is 0 Å². The standard InChI is InChI=1S/C11H21NO3/c1-10(13)6-4-5-7-11(14)12(2)8-9-15-3/h4-9H2,1-3H3. The van der Waals surface area contributed by atoms with Gasteiger partial charge in [0.2, 0.25) is 5.91 Å². The summed E-state index contributed by atoms with van der Waals surface area (Å²) in [6.07, 6.45) is 2.69. The third kappa shape index (κ3) is 8.12. The summed E-state index contributed by atoms with van der Waals surface area (Å²) in [6.45, 7) is 2.77. The first-order chi connectivity index (χ1) is 7.07. The van der Waals surface area contributed by atoms with E-state index in [1.807, 2.05) is 0 Å². The number of nitrogens with zero attached hydrogens (tertiary/aromatic N) is 1. The van der Waals surface area contributed by atoms with Gasteiger partial charge >= 0.3 is 0 Å². The zero-order valence-electron chi connectivity index (χ0n) is 9.91. The lowest BCUT2D eigenvalue weighted by Crippen LogP contribution is -2.29. The molecule has 0 rings (SSSR count). The van der Waals surface area contributed by atoms with Gasteiger partial charge in [-0.25, -0.2) is 0 Å². The van der Waals surface area contributed by atoms with Crippen molar-refractivity contribution in [3.63, 3.8) is 0 Å². The van der Waals surface area contributed by atoms with Crippen molar-refractivity contribution < 1.29 is 14.3 Å². The Balaban J connectivity index is 3.51. The summed E-state index contributed by atoms with van der Waals surface area (Å²) in [6, 6.07) is 0. The second kappa shape index (κ2) is 8.41. The number of unbranched alkanes of at least 4 members (excludes halogenated alkanes) is 1. The van der Waals surface area contributed by atoms with Gasteiger partial charge in [-0.1, -0.05) is 0 Å². The molecule has 0 aliphatic rings. The normalized spacial score (nSPS) is 10.1. The van der Waals surface area contributed by atoms with Gasteiger partial charge in [-0.3, -0.25) is 4.79 Å². The van der Waals surface area contributed by atoms with Crippen molar-refractivity contribution in [3.8, 4) is 0 Å². The first-order valence-electron chi connectivity index (χ1n) is 5.30. The van der Waals surface area contributed by atoms with Gasteiger partial charge in [-0.05, 0) is 19.8 Å². The summed E-state index contributed by atoms with van der Waals surface area (Å²) in [5.74, 6) is 0.311. The van der Waals surface area contributed by atoms with Crippen LogP contribution in [0.5, 0.6) is 0 Å². The molecule has 88 valence electrons. The fourth-order valence-electron chi connectivity index (χ4n) is 1.19. The Kier molecular flexibility index (Phi) is 7.91. The van der Waals surface area contributed by atoms with Crippen LogP contribution in [0.2, 0.25) is 0 Å². The van der Waals surface area contributed by atoms with Crippen LogP contribution in [0.4, 0.5) is 0 Å². The monoisotopic (exact) mass is 215 g/mol. The molecule has 4 heteroatoms. The molecule has 1 amide bonds. The molecule has 0 atom stereocenters. The average Bonchev–Trinajstić information content (AvgIpc) is 2.20. The molecule has 0 aromatic rings. The molecule has 0 fully saturated rings. The van der Waals surface area contributed by atoms with Crippen LogP contribution in [0, 0.1) is 0 Å². The second-order valence-corrected chi connectivity index (χ2v) is 3.72. The quantitative estimate of drug-likeness (QED) is 0.572. The highest BCUT2D eigenvalue weighted by Gasteiger charge is 2.07. The highest BCUT2D eigenvalue weighted by atomic mass is 16.5. The molecular formula is C11H21NO3. The molecule has 0 heterocycles. The van der Waals surface area contributed by atoms with Crippen LogP contribution in [-0.4, -0.2) is 43.9 Å². The average molecular weight is 215 g/mol. The van der Waals surface area contributed by atoms with Gasteiger partial charge in [0.25, 0.3) is 0 Å². The number of carbonyl (C=O) groups excluding carboxylic acids is 2. The molecule has 0 bridgehead atoms. The van der Waals surface area contributed by atoms with Gasteiger partial charge in [0.05, 0.1) is 6.61 Å². The smallest absolute Gasteiger partial charge is 0.222 e. The predicted molar refractivity (Wildman–Crippen MR) is 58.7 cm³/mol. The van der Waals surface area contributed by atoms with Crippen LogP contribution in [0.1, 0.15) is 32.6 Å². The Morgan fingerprint density at radius 3 is 2.33 bits per heavy atom. The Labute approximate surface area is 91.6 Å². The molecule has 0 unspecified atom stereocenters. The second-order valence-electron chi connectivity index (χ2n) is 3.72. The van der Waals surface area contributed by atoms with Crippen molar-refractivity contribution in [3.05, 3.63) is 0 Å². The number of hydrogen-bond acceptors (Lipinski definition) is 3. The van der Waals surface area contributed by atoms with E-state index in [-0.39, 0.29) is 11.7 Å². The number of ether oxygens (including phenoxy) is 1. The first-order valence-corrected chi connectivity index (χ1v) is 5.30. The molecule has 0 N–H and O–H groups in total. The van der Waals surface area contributed by atoms with Gasteiger partial charge < -0.3 is 14.4 Å². The number of Topliss-reactive ketones (excluding diaryl/α,β-unsaturated/α-hetero) is 1. The van der Waals surface area contributed by atoms with Gasteiger partial charge in [-0.15, -0.1) is 0 Å². The number of carbonyl (C=O) groups is 2. The molecule has 0 aromatic carbocycles. The fraction of sp³-hybridized carbons (Fsp3) is 0.818. The summed E-state index contributed by atoms with van der Waals surface area (Å²) >= 11 is 0. The molecule has 0 aliphatic heterocycles.